The maximum atomic E-state index is 12.7. The molecule has 0 atom stereocenters. The van der Waals surface area contributed by atoms with Crippen LogP contribution in [0.2, 0.25) is 0 Å². The number of benzene rings is 1. The molecule has 1 aliphatic rings. The van der Waals surface area contributed by atoms with Gasteiger partial charge in [0.1, 0.15) is 0 Å². The monoisotopic (exact) mass is 298 g/mol. The van der Waals surface area contributed by atoms with Gasteiger partial charge in [0.25, 0.3) is 0 Å². The summed E-state index contributed by atoms with van der Waals surface area (Å²) < 4.78 is 26.9. The van der Waals surface area contributed by atoms with E-state index in [4.69, 9.17) is 18.0 Å². The molecule has 0 heterocycles. The Morgan fingerprint density at radius 3 is 2.58 bits per heavy atom. The molecule has 0 radical (unpaired) electrons. The molecule has 1 aliphatic carbocycles. The second kappa shape index (κ2) is 5.56. The predicted octanol–water partition coefficient (Wildman–Crippen LogP) is 1.82. The molecule has 19 heavy (non-hydrogen) atoms. The second-order valence-electron chi connectivity index (χ2n) is 4.83. The number of nitrogens with zero attached hydrogens (tertiary/aromatic N) is 1. The van der Waals surface area contributed by atoms with E-state index >= 15 is 0 Å². The third-order valence-electron chi connectivity index (χ3n) is 3.21. The first-order chi connectivity index (χ1) is 8.93. The molecule has 1 aromatic rings. The SMILES string of the molecule is Cc1ccccc1S(=O)(=O)N(CCC(N)=S)C1CC1. The molecule has 0 aliphatic heterocycles. The Morgan fingerprint density at radius 1 is 1.42 bits per heavy atom. The molecule has 0 aromatic heterocycles. The van der Waals surface area contributed by atoms with Gasteiger partial charge in [-0.1, -0.05) is 30.4 Å². The number of sulfonamides is 1. The lowest BCUT2D eigenvalue weighted by molar-refractivity contribution is 0.413. The fraction of sp³-hybridized carbons (Fsp3) is 0.462. The zero-order valence-electron chi connectivity index (χ0n) is 10.9. The van der Waals surface area contributed by atoms with Crippen molar-refractivity contribution in [2.24, 2.45) is 5.73 Å². The standard InChI is InChI=1S/C13H18N2O2S2/c1-10-4-2-3-5-12(10)19(16,17)15(11-6-7-11)9-8-13(14)18/h2-5,11H,6-9H2,1H3,(H2,14,18). The molecule has 2 rings (SSSR count). The third kappa shape index (κ3) is 3.32. The van der Waals surface area contributed by atoms with Crippen molar-refractivity contribution in [3.05, 3.63) is 29.8 Å². The summed E-state index contributed by atoms with van der Waals surface area (Å²) in [5, 5.41) is 0. The van der Waals surface area contributed by atoms with Crippen molar-refractivity contribution < 1.29 is 8.42 Å². The van der Waals surface area contributed by atoms with Gasteiger partial charge < -0.3 is 5.73 Å². The first-order valence-electron chi connectivity index (χ1n) is 6.28. The zero-order valence-corrected chi connectivity index (χ0v) is 12.5. The van der Waals surface area contributed by atoms with E-state index in [1.54, 1.807) is 16.4 Å². The van der Waals surface area contributed by atoms with Crippen molar-refractivity contribution in [1.82, 2.24) is 4.31 Å². The molecule has 6 heteroatoms. The van der Waals surface area contributed by atoms with Crippen molar-refractivity contribution in [2.45, 2.75) is 37.1 Å². The van der Waals surface area contributed by atoms with E-state index in [0.29, 0.717) is 22.8 Å². The summed E-state index contributed by atoms with van der Waals surface area (Å²) >= 11 is 4.84. The number of rotatable bonds is 6. The maximum Gasteiger partial charge on any atom is 0.243 e. The van der Waals surface area contributed by atoms with Gasteiger partial charge in [0, 0.05) is 19.0 Å². The average molecular weight is 298 g/mol. The van der Waals surface area contributed by atoms with E-state index < -0.39 is 10.0 Å². The maximum absolute atomic E-state index is 12.7. The van der Waals surface area contributed by atoms with E-state index in [0.717, 1.165) is 18.4 Å². The van der Waals surface area contributed by atoms with Gasteiger partial charge in [-0.15, -0.1) is 0 Å². The van der Waals surface area contributed by atoms with Crippen LogP contribution >= 0.6 is 12.2 Å². The molecule has 0 spiro atoms. The number of aryl methyl sites for hydroxylation is 1. The van der Waals surface area contributed by atoms with Crippen LogP contribution in [0.15, 0.2) is 29.2 Å². The number of thiocarbonyl (C=S) groups is 1. The van der Waals surface area contributed by atoms with Crippen LogP contribution in [0.4, 0.5) is 0 Å². The quantitative estimate of drug-likeness (QED) is 0.814. The van der Waals surface area contributed by atoms with Crippen LogP contribution in [0.5, 0.6) is 0 Å². The lowest BCUT2D eigenvalue weighted by atomic mass is 10.2. The van der Waals surface area contributed by atoms with Gasteiger partial charge in [-0.25, -0.2) is 8.42 Å². The first kappa shape index (κ1) is 14.4. The minimum absolute atomic E-state index is 0.110. The van der Waals surface area contributed by atoms with Gasteiger partial charge in [-0.05, 0) is 31.4 Å². The number of nitrogens with two attached hydrogens (primary N) is 1. The fourth-order valence-electron chi connectivity index (χ4n) is 2.05. The smallest absolute Gasteiger partial charge is 0.243 e. The third-order valence-corrected chi connectivity index (χ3v) is 5.53. The van der Waals surface area contributed by atoms with Crippen LogP contribution in [0, 0.1) is 6.92 Å². The van der Waals surface area contributed by atoms with E-state index in [1.165, 1.54) is 0 Å². The van der Waals surface area contributed by atoms with Crippen molar-refractivity contribution in [3.63, 3.8) is 0 Å². The summed E-state index contributed by atoms with van der Waals surface area (Å²) in [5.74, 6) is 0. The zero-order chi connectivity index (χ0) is 14.0. The highest BCUT2D eigenvalue weighted by atomic mass is 32.2. The number of hydrogen-bond acceptors (Lipinski definition) is 3. The van der Waals surface area contributed by atoms with Crippen molar-refractivity contribution in [2.75, 3.05) is 6.54 Å². The highest BCUT2D eigenvalue weighted by Crippen LogP contribution is 2.32. The average Bonchev–Trinajstić information content (AvgIpc) is 3.13. The molecule has 0 saturated heterocycles. The van der Waals surface area contributed by atoms with E-state index in [-0.39, 0.29) is 6.04 Å². The van der Waals surface area contributed by atoms with Gasteiger partial charge in [0.2, 0.25) is 10.0 Å². The second-order valence-corrected chi connectivity index (χ2v) is 7.21. The van der Waals surface area contributed by atoms with Crippen LogP contribution in [-0.4, -0.2) is 30.3 Å². The molecule has 4 nitrogen and oxygen atoms in total. The van der Waals surface area contributed by atoms with E-state index in [9.17, 15) is 8.42 Å². The molecule has 1 fully saturated rings. The molecule has 1 aromatic carbocycles. The summed E-state index contributed by atoms with van der Waals surface area (Å²) in [6, 6.07) is 7.16. The summed E-state index contributed by atoms with van der Waals surface area (Å²) in [4.78, 5) is 0.732. The van der Waals surface area contributed by atoms with Crippen LogP contribution in [0.3, 0.4) is 0 Å². The molecule has 1 saturated carbocycles. The van der Waals surface area contributed by atoms with Crippen molar-refractivity contribution in [1.29, 1.82) is 0 Å². The molecule has 0 unspecified atom stereocenters. The largest absolute Gasteiger partial charge is 0.393 e. The van der Waals surface area contributed by atoms with E-state index in [1.807, 2.05) is 19.1 Å². The molecular formula is C13H18N2O2S2. The normalized spacial score (nSPS) is 15.7. The Labute approximate surface area is 119 Å². The summed E-state index contributed by atoms with van der Waals surface area (Å²) in [7, 11) is -3.45. The molecule has 2 N–H and O–H groups in total. The number of hydrogen-bond donors (Lipinski definition) is 1. The summed E-state index contributed by atoms with van der Waals surface area (Å²) in [5.41, 5.74) is 6.25. The predicted molar refractivity (Wildman–Crippen MR) is 79.5 cm³/mol. The first-order valence-corrected chi connectivity index (χ1v) is 8.13. The van der Waals surface area contributed by atoms with Crippen molar-refractivity contribution >= 4 is 27.2 Å². The Morgan fingerprint density at radius 2 is 2.05 bits per heavy atom. The lowest BCUT2D eigenvalue weighted by Crippen LogP contribution is -2.35. The Balaban J connectivity index is 2.29. The highest BCUT2D eigenvalue weighted by Gasteiger charge is 2.38. The lowest BCUT2D eigenvalue weighted by Gasteiger charge is -2.22. The summed E-state index contributed by atoms with van der Waals surface area (Å²) in [6.45, 7) is 2.18. The minimum Gasteiger partial charge on any atom is -0.393 e. The Hall–Kier alpha value is -0.980. The van der Waals surface area contributed by atoms with Crippen LogP contribution in [-0.2, 0) is 10.0 Å². The van der Waals surface area contributed by atoms with Crippen LogP contribution < -0.4 is 5.73 Å². The van der Waals surface area contributed by atoms with Crippen molar-refractivity contribution in [3.8, 4) is 0 Å². The molecular weight excluding hydrogens is 280 g/mol. The van der Waals surface area contributed by atoms with Gasteiger partial charge in [0.15, 0.2) is 0 Å². The van der Waals surface area contributed by atoms with Gasteiger partial charge in [-0.3, -0.25) is 0 Å². The van der Waals surface area contributed by atoms with Gasteiger partial charge >= 0.3 is 0 Å². The van der Waals surface area contributed by atoms with Crippen LogP contribution in [0.1, 0.15) is 24.8 Å². The Kier molecular flexibility index (Phi) is 4.23. The molecule has 104 valence electrons. The minimum atomic E-state index is -3.45. The molecule has 0 bridgehead atoms. The fourth-order valence-corrected chi connectivity index (χ4v) is 4.06. The van der Waals surface area contributed by atoms with E-state index in [2.05, 4.69) is 0 Å². The Bertz CT molecular complexity index is 580. The van der Waals surface area contributed by atoms with Crippen LogP contribution in [0.25, 0.3) is 0 Å². The van der Waals surface area contributed by atoms with Gasteiger partial charge in [0.05, 0.1) is 9.88 Å². The highest BCUT2D eigenvalue weighted by molar-refractivity contribution is 7.89. The van der Waals surface area contributed by atoms with Gasteiger partial charge in [-0.2, -0.15) is 4.31 Å². The summed E-state index contributed by atoms with van der Waals surface area (Å²) in [6.07, 6.45) is 2.27. The molecule has 0 amide bonds. The topological polar surface area (TPSA) is 63.4 Å².